The number of sulfonamides is 1. The van der Waals surface area contributed by atoms with Crippen molar-refractivity contribution in [1.82, 2.24) is 4.31 Å². The molecule has 1 amide bonds. The fourth-order valence-electron chi connectivity index (χ4n) is 3.80. The van der Waals surface area contributed by atoms with E-state index in [0.29, 0.717) is 35.1 Å². The molecule has 1 N–H and O–H groups in total. The van der Waals surface area contributed by atoms with Gasteiger partial charge in [0.15, 0.2) is 0 Å². The first kappa shape index (κ1) is 24.1. The molecule has 0 radical (unpaired) electrons. The van der Waals surface area contributed by atoms with Crippen molar-refractivity contribution in [1.29, 1.82) is 0 Å². The van der Waals surface area contributed by atoms with E-state index >= 15 is 0 Å². The molecule has 3 aromatic carbocycles. The number of benzene rings is 3. The van der Waals surface area contributed by atoms with E-state index in [0.717, 1.165) is 18.2 Å². The maximum absolute atomic E-state index is 14.5. The fourth-order valence-corrected chi connectivity index (χ4v) is 5.42. The standard InChI is InChI=1S/C24H22ClF2N3O3S/c1-16-19(25)5-4-7-22(16)28-24(31)18-15-17(9-10-20(18)26)34(32,33)30-13-11-29(12-14-30)23-8-3-2-6-21(23)27/h2-10,15H,11-14H2,1H3,(H,28,31). The van der Waals surface area contributed by atoms with Gasteiger partial charge in [-0.15, -0.1) is 0 Å². The van der Waals surface area contributed by atoms with Crippen LogP contribution in [0.2, 0.25) is 5.02 Å². The molecule has 0 saturated carbocycles. The normalized spacial score (nSPS) is 14.8. The molecular weight excluding hydrogens is 484 g/mol. The summed E-state index contributed by atoms with van der Waals surface area (Å²) in [5, 5.41) is 3.02. The van der Waals surface area contributed by atoms with Crippen molar-refractivity contribution in [2.75, 3.05) is 36.4 Å². The van der Waals surface area contributed by atoms with E-state index in [1.165, 1.54) is 10.4 Å². The van der Waals surface area contributed by atoms with Crippen molar-refractivity contribution < 1.29 is 22.0 Å². The Balaban J connectivity index is 1.53. The van der Waals surface area contributed by atoms with E-state index in [-0.39, 0.29) is 23.8 Å². The number of nitrogens with one attached hydrogen (secondary N) is 1. The number of piperazine rings is 1. The Labute approximate surface area is 201 Å². The molecular formula is C24H22ClF2N3O3S. The molecule has 1 heterocycles. The molecule has 1 saturated heterocycles. The Morgan fingerprint density at radius 3 is 2.35 bits per heavy atom. The number of hydrogen-bond donors (Lipinski definition) is 1. The Morgan fingerprint density at radius 1 is 0.941 bits per heavy atom. The molecule has 34 heavy (non-hydrogen) atoms. The number of para-hydroxylation sites is 1. The predicted octanol–water partition coefficient (Wildman–Crippen LogP) is 4.69. The van der Waals surface area contributed by atoms with Gasteiger partial charge in [-0.2, -0.15) is 4.31 Å². The number of hydrogen-bond acceptors (Lipinski definition) is 4. The average Bonchev–Trinajstić information content (AvgIpc) is 2.82. The van der Waals surface area contributed by atoms with Gasteiger partial charge in [0.1, 0.15) is 11.6 Å². The molecule has 0 atom stereocenters. The second kappa shape index (κ2) is 9.69. The smallest absolute Gasteiger partial charge is 0.258 e. The lowest BCUT2D eigenvalue weighted by atomic mass is 10.1. The number of rotatable bonds is 5. The molecule has 0 aliphatic carbocycles. The van der Waals surface area contributed by atoms with Gasteiger partial charge in [0.25, 0.3) is 5.91 Å². The largest absolute Gasteiger partial charge is 0.367 e. The average molecular weight is 506 g/mol. The summed E-state index contributed by atoms with van der Waals surface area (Å²) in [5.74, 6) is -2.01. The molecule has 0 unspecified atom stereocenters. The van der Waals surface area contributed by atoms with Crippen LogP contribution in [0.3, 0.4) is 0 Å². The summed E-state index contributed by atoms with van der Waals surface area (Å²) in [6, 6.07) is 14.4. The van der Waals surface area contributed by atoms with Crippen LogP contribution in [-0.2, 0) is 10.0 Å². The van der Waals surface area contributed by atoms with Crippen LogP contribution in [0, 0.1) is 18.6 Å². The van der Waals surface area contributed by atoms with E-state index in [2.05, 4.69) is 5.32 Å². The molecule has 1 fully saturated rings. The molecule has 178 valence electrons. The van der Waals surface area contributed by atoms with Gasteiger partial charge in [-0.05, 0) is 55.0 Å². The topological polar surface area (TPSA) is 69.7 Å². The first-order valence-corrected chi connectivity index (χ1v) is 12.4. The van der Waals surface area contributed by atoms with E-state index in [9.17, 15) is 22.0 Å². The van der Waals surface area contributed by atoms with Crippen LogP contribution in [0.4, 0.5) is 20.2 Å². The van der Waals surface area contributed by atoms with Gasteiger partial charge < -0.3 is 10.2 Å². The minimum absolute atomic E-state index is 0.122. The zero-order chi connectivity index (χ0) is 24.5. The molecule has 0 spiro atoms. The summed E-state index contributed by atoms with van der Waals surface area (Å²) in [6.45, 7) is 2.54. The minimum Gasteiger partial charge on any atom is -0.367 e. The fraction of sp³-hybridized carbons (Fsp3) is 0.208. The molecule has 3 aromatic rings. The molecule has 1 aliphatic rings. The maximum Gasteiger partial charge on any atom is 0.258 e. The lowest BCUT2D eigenvalue weighted by molar-refractivity contribution is 0.102. The van der Waals surface area contributed by atoms with Crippen LogP contribution in [0.15, 0.2) is 65.6 Å². The number of anilines is 2. The van der Waals surface area contributed by atoms with Gasteiger partial charge >= 0.3 is 0 Å². The molecule has 6 nitrogen and oxygen atoms in total. The summed E-state index contributed by atoms with van der Waals surface area (Å²) in [7, 11) is -3.99. The second-order valence-corrected chi connectivity index (χ2v) is 10.2. The van der Waals surface area contributed by atoms with Crippen molar-refractivity contribution in [3.63, 3.8) is 0 Å². The first-order chi connectivity index (χ1) is 16.2. The minimum atomic E-state index is -3.99. The SMILES string of the molecule is Cc1c(Cl)cccc1NC(=O)c1cc(S(=O)(=O)N2CCN(c3ccccc3F)CC2)ccc1F. The highest BCUT2D eigenvalue weighted by molar-refractivity contribution is 7.89. The highest BCUT2D eigenvalue weighted by Gasteiger charge is 2.30. The highest BCUT2D eigenvalue weighted by atomic mass is 35.5. The Bertz CT molecular complexity index is 1340. The molecule has 0 bridgehead atoms. The van der Waals surface area contributed by atoms with Crippen molar-refractivity contribution in [2.24, 2.45) is 0 Å². The highest BCUT2D eigenvalue weighted by Crippen LogP contribution is 2.26. The zero-order valence-corrected chi connectivity index (χ0v) is 19.8. The number of carbonyl (C=O) groups is 1. The van der Waals surface area contributed by atoms with Gasteiger partial charge in [-0.3, -0.25) is 4.79 Å². The summed E-state index contributed by atoms with van der Waals surface area (Å²) in [4.78, 5) is 14.3. The third-order valence-electron chi connectivity index (χ3n) is 5.77. The van der Waals surface area contributed by atoms with Crippen LogP contribution in [0.5, 0.6) is 0 Å². The van der Waals surface area contributed by atoms with Gasteiger partial charge in [0.05, 0.1) is 16.1 Å². The van der Waals surface area contributed by atoms with E-state index < -0.39 is 27.3 Å². The van der Waals surface area contributed by atoms with E-state index in [1.54, 1.807) is 48.2 Å². The molecule has 4 rings (SSSR count). The van der Waals surface area contributed by atoms with Crippen LogP contribution in [-0.4, -0.2) is 44.8 Å². The summed E-state index contributed by atoms with van der Waals surface area (Å²) in [6.07, 6.45) is 0. The molecule has 0 aromatic heterocycles. The third-order valence-corrected chi connectivity index (χ3v) is 8.07. The number of halogens is 3. The molecule has 10 heteroatoms. The molecule has 1 aliphatic heterocycles. The quantitative estimate of drug-likeness (QED) is 0.546. The zero-order valence-electron chi connectivity index (χ0n) is 18.3. The maximum atomic E-state index is 14.5. The summed E-state index contributed by atoms with van der Waals surface area (Å²) >= 11 is 6.07. The van der Waals surface area contributed by atoms with Crippen molar-refractivity contribution in [2.45, 2.75) is 11.8 Å². The summed E-state index contributed by atoms with van der Waals surface area (Å²) in [5.41, 5.74) is 1.02. The number of amides is 1. The predicted molar refractivity (Wildman–Crippen MR) is 128 cm³/mol. The van der Waals surface area contributed by atoms with Crippen molar-refractivity contribution in [3.8, 4) is 0 Å². The Kier molecular flexibility index (Phi) is 6.88. The van der Waals surface area contributed by atoms with Gasteiger partial charge in [0.2, 0.25) is 10.0 Å². The number of nitrogens with zero attached hydrogens (tertiary/aromatic N) is 2. The van der Waals surface area contributed by atoms with Gasteiger partial charge in [-0.1, -0.05) is 29.8 Å². The van der Waals surface area contributed by atoms with Gasteiger partial charge in [0, 0.05) is 36.9 Å². The Morgan fingerprint density at radius 2 is 1.65 bits per heavy atom. The third kappa shape index (κ3) is 4.77. The summed E-state index contributed by atoms with van der Waals surface area (Å²) < 4.78 is 56.2. The van der Waals surface area contributed by atoms with Crippen molar-refractivity contribution >= 4 is 38.9 Å². The first-order valence-electron chi connectivity index (χ1n) is 10.5. The Hall–Kier alpha value is -3.01. The second-order valence-electron chi connectivity index (χ2n) is 7.85. The van der Waals surface area contributed by atoms with Crippen molar-refractivity contribution in [3.05, 3.63) is 88.4 Å². The monoisotopic (exact) mass is 505 g/mol. The van der Waals surface area contributed by atoms with E-state index in [4.69, 9.17) is 11.6 Å². The van der Waals surface area contributed by atoms with Crippen LogP contribution in [0.1, 0.15) is 15.9 Å². The lowest BCUT2D eigenvalue weighted by Crippen LogP contribution is -2.48. The van der Waals surface area contributed by atoms with Gasteiger partial charge in [-0.25, -0.2) is 17.2 Å². The van der Waals surface area contributed by atoms with Crippen LogP contribution in [0.25, 0.3) is 0 Å². The number of carbonyl (C=O) groups excluding carboxylic acids is 1. The van der Waals surface area contributed by atoms with E-state index in [1.807, 2.05) is 0 Å². The van der Waals surface area contributed by atoms with Crippen LogP contribution >= 0.6 is 11.6 Å². The lowest BCUT2D eigenvalue weighted by Gasteiger charge is -2.35. The van der Waals surface area contributed by atoms with Crippen LogP contribution < -0.4 is 10.2 Å².